The molecule has 0 saturated heterocycles. The maximum absolute atomic E-state index is 4.87. The SMILES string of the molecule is CCc1cnn2c(CNCc3cccnc3)cc(-c3ccccc3)nc12. The number of fused-ring (bicyclic) bond motifs is 1. The van der Waals surface area contributed by atoms with Crippen LogP contribution in [0.4, 0.5) is 0 Å². The van der Waals surface area contributed by atoms with Gasteiger partial charge in [0.1, 0.15) is 0 Å². The molecule has 0 unspecified atom stereocenters. The maximum atomic E-state index is 4.87. The van der Waals surface area contributed by atoms with Gasteiger partial charge in [-0.15, -0.1) is 0 Å². The van der Waals surface area contributed by atoms with Crippen LogP contribution < -0.4 is 5.32 Å². The highest BCUT2D eigenvalue weighted by Crippen LogP contribution is 2.21. The summed E-state index contributed by atoms with van der Waals surface area (Å²) in [5.41, 5.74) is 6.45. The summed E-state index contributed by atoms with van der Waals surface area (Å²) in [5, 5.41) is 8.04. The van der Waals surface area contributed by atoms with E-state index in [1.807, 2.05) is 41.2 Å². The fourth-order valence-electron chi connectivity index (χ4n) is 3.04. The first-order chi connectivity index (χ1) is 12.8. The van der Waals surface area contributed by atoms with Gasteiger partial charge in [0.05, 0.1) is 17.6 Å². The van der Waals surface area contributed by atoms with E-state index in [9.17, 15) is 0 Å². The predicted molar refractivity (Wildman–Crippen MR) is 103 cm³/mol. The summed E-state index contributed by atoms with van der Waals surface area (Å²) in [7, 11) is 0. The van der Waals surface area contributed by atoms with Crippen LogP contribution in [0.5, 0.6) is 0 Å². The first-order valence-corrected chi connectivity index (χ1v) is 8.86. The number of rotatable bonds is 6. The standard InChI is InChI=1S/C21H21N5/c1-2-17-14-24-26-19(15-23-13-16-7-6-10-22-12-16)11-20(25-21(17)26)18-8-4-3-5-9-18/h3-12,14,23H,2,13,15H2,1H3. The lowest BCUT2D eigenvalue weighted by Crippen LogP contribution is -2.16. The molecule has 0 amide bonds. The molecule has 5 nitrogen and oxygen atoms in total. The summed E-state index contributed by atoms with van der Waals surface area (Å²) < 4.78 is 1.95. The Bertz CT molecular complexity index is 993. The monoisotopic (exact) mass is 343 g/mol. The van der Waals surface area contributed by atoms with Gasteiger partial charge in [-0.1, -0.05) is 43.3 Å². The van der Waals surface area contributed by atoms with Crippen LogP contribution in [0.3, 0.4) is 0 Å². The van der Waals surface area contributed by atoms with E-state index in [0.29, 0.717) is 6.54 Å². The third-order valence-electron chi connectivity index (χ3n) is 4.43. The molecule has 1 N–H and O–H groups in total. The fraction of sp³-hybridized carbons (Fsp3) is 0.190. The van der Waals surface area contributed by atoms with Gasteiger partial charge in [0, 0.05) is 36.6 Å². The zero-order valence-corrected chi connectivity index (χ0v) is 14.8. The van der Waals surface area contributed by atoms with Crippen LogP contribution in [0, 0.1) is 0 Å². The molecule has 5 heteroatoms. The second-order valence-corrected chi connectivity index (χ2v) is 6.22. The quantitative estimate of drug-likeness (QED) is 0.581. The number of nitrogens with zero attached hydrogens (tertiary/aromatic N) is 4. The second-order valence-electron chi connectivity index (χ2n) is 6.22. The number of nitrogens with one attached hydrogen (secondary N) is 1. The number of hydrogen-bond acceptors (Lipinski definition) is 4. The van der Waals surface area contributed by atoms with Crippen molar-refractivity contribution in [2.45, 2.75) is 26.4 Å². The number of aromatic nitrogens is 4. The maximum Gasteiger partial charge on any atom is 0.159 e. The van der Waals surface area contributed by atoms with Gasteiger partial charge in [-0.2, -0.15) is 5.10 Å². The fourth-order valence-corrected chi connectivity index (χ4v) is 3.04. The van der Waals surface area contributed by atoms with Crippen molar-refractivity contribution in [1.82, 2.24) is 24.9 Å². The molecule has 0 radical (unpaired) electrons. The van der Waals surface area contributed by atoms with Crippen molar-refractivity contribution >= 4 is 5.65 Å². The lowest BCUT2D eigenvalue weighted by molar-refractivity contribution is 0.657. The molecule has 4 aromatic rings. The van der Waals surface area contributed by atoms with E-state index in [1.54, 1.807) is 6.20 Å². The van der Waals surface area contributed by atoms with E-state index < -0.39 is 0 Å². The second kappa shape index (κ2) is 7.45. The van der Waals surface area contributed by atoms with Crippen molar-refractivity contribution in [2.75, 3.05) is 0 Å². The predicted octanol–water partition coefficient (Wildman–Crippen LogP) is 3.64. The topological polar surface area (TPSA) is 55.1 Å². The van der Waals surface area contributed by atoms with Crippen molar-refractivity contribution in [3.8, 4) is 11.3 Å². The summed E-state index contributed by atoms with van der Waals surface area (Å²) >= 11 is 0. The third-order valence-corrected chi connectivity index (χ3v) is 4.43. The Labute approximate surface area is 152 Å². The normalized spacial score (nSPS) is 11.1. The molecule has 26 heavy (non-hydrogen) atoms. The van der Waals surface area contributed by atoms with Crippen LogP contribution in [0.2, 0.25) is 0 Å². The van der Waals surface area contributed by atoms with Crippen molar-refractivity contribution in [2.24, 2.45) is 0 Å². The Morgan fingerprint density at radius 3 is 2.65 bits per heavy atom. The summed E-state index contributed by atoms with van der Waals surface area (Å²) in [5.74, 6) is 0. The highest BCUT2D eigenvalue weighted by molar-refractivity contribution is 5.63. The Balaban J connectivity index is 1.67. The van der Waals surface area contributed by atoms with E-state index in [0.717, 1.165) is 46.7 Å². The Morgan fingerprint density at radius 1 is 1.00 bits per heavy atom. The molecule has 4 rings (SSSR count). The molecule has 0 bridgehead atoms. The lowest BCUT2D eigenvalue weighted by atomic mass is 10.1. The van der Waals surface area contributed by atoms with Gasteiger partial charge < -0.3 is 5.32 Å². The van der Waals surface area contributed by atoms with Crippen LogP contribution in [-0.4, -0.2) is 19.6 Å². The molecular formula is C21H21N5. The van der Waals surface area contributed by atoms with E-state index >= 15 is 0 Å². The molecule has 0 spiro atoms. The smallest absolute Gasteiger partial charge is 0.159 e. The molecular weight excluding hydrogens is 322 g/mol. The molecule has 1 aromatic carbocycles. The van der Waals surface area contributed by atoms with Crippen LogP contribution in [0.25, 0.3) is 16.9 Å². The highest BCUT2D eigenvalue weighted by Gasteiger charge is 2.11. The van der Waals surface area contributed by atoms with Crippen LogP contribution >= 0.6 is 0 Å². The highest BCUT2D eigenvalue weighted by atomic mass is 15.3. The van der Waals surface area contributed by atoms with Gasteiger partial charge in [0.25, 0.3) is 0 Å². The minimum Gasteiger partial charge on any atom is -0.307 e. The van der Waals surface area contributed by atoms with Crippen molar-refractivity contribution in [3.63, 3.8) is 0 Å². The van der Waals surface area contributed by atoms with Crippen molar-refractivity contribution < 1.29 is 0 Å². The third kappa shape index (κ3) is 3.34. The average molecular weight is 343 g/mol. The van der Waals surface area contributed by atoms with Gasteiger partial charge in [-0.05, 0) is 24.1 Å². The zero-order chi connectivity index (χ0) is 17.8. The minimum absolute atomic E-state index is 0.707. The zero-order valence-electron chi connectivity index (χ0n) is 14.8. The number of aryl methyl sites for hydroxylation is 1. The van der Waals surface area contributed by atoms with E-state index in [4.69, 9.17) is 4.98 Å². The number of hydrogen-bond donors (Lipinski definition) is 1. The molecule has 3 aromatic heterocycles. The first kappa shape index (κ1) is 16.4. The molecule has 0 saturated carbocycles. The summed E-state index contributed by atoms with van der Waals surface area (Å²) in [6, 6.07) is 16.4. The minimum atomic E-state index is 0.707. The van der Waals surface area contributed by atoms with Crippen LogP contribution in [-0.2, 0) is 19.5 Å². The summed E-state index contributed by atoms with van der Waals surface area (Å²) in [4.78, 5) is 9.03. The number of benzene rings is 1. The van der Waals surface area contributed by atoms with Gasteiger partial charge >= 0.3 is 0 Å². The largest absolute Gasteiger partial charge is 0.307 e. The van der Waals surface area contributed by atoms with E-state index in [1.165, 1.54) is 0 Å². The van der Waals surface area contributed by atoms with Gasteiger partial charge in [-0.25, -0.2) is 9.50 Å². The van der Waals surface area contributed by atoms with Gasteiger partial charge in [0.2, 0.25) is 0 Å². The first-order valence-electron chi connectivity index (χ1n) is 8.86. The van der Waals surface area contributed by atoms with Crippen molar-refractivity contribution in [1.29, 1.82) is 0 Å². The van der Waals surface area contributed by atoms with Crippen LogP contribution in [0.1, 0.15) is 23.7 Å². The van der Waals surface area contributed by atoms with Gasteiger partial charge in [0.15, 0.2) is 5.65 Å². The Hall–Kier alpha value is -3.05. The summed E-state index contributed by atoms with van der Waals surface area (Å²) in [6.45, 7) is 3.60. The van der Waals surface area contributed by atoms with E-state index in [2.05, 4.69) is 46.6 Å². The molecule has 0 aliphatic carbocycles. The number of pyridine rings is 1. The molecule has 130 valence electrons. The van der Waals surface area contributed by atoms with Gasteiger partial charge in [-0.3, -0.25) is 4.98 Å². The molecule has 0 aliphatic heterocycles. The average Bonchev–Trinajstić information content (AvgIpc) is 3.13. The molecule has 3 heterocycles. The lowest BCUT2D eigenvalue weighted by Gasteiger charge is -2.10. The van der Waals surface area contributed by atoms with E-state index in [-0.39, 0.29) is 0 Å². The van der Waals surface area contributed by atoms with Crippen LogP contribution in [0.15, 0.2) is 67.1 Å². The summed E-state index contributed by atoms with van der Waals surface area (Å²) in [6.07, 6.45) is 6.50. The molecule has 0 aliphatic rings. The Kier molecular flexibility index (Phi) is 4.71. The molecule has 0 atom stereocenters. The van der Waals surface area contributed by atoms with Crippen molar-refractivity contribution in [3.05, 3.63) is 83.9 Å². The molecule has 0 fully saturated rings. The Morgan fingerprint density at radius 2 is 1.88 bits per heavy atom.